The fourth-order valence-electron chi connectivity index (χ4n) is 4.36. The molecule has 12 heteroatoms. The lowest BCUT2D eigenvalue weighted by molar-refractivity contribution is -0.137. The third-order valence-electron chi connectivity index (χ3n) is 6.22. The minimum absolute atomic E-state index is 0.103. The molecule has 1 aliphatic rings. The predicted octanol–water partition coefficient (Wildman–Crippen LogP) is 4.35. The van der Waals surface area contributed by atoms with E-state index in [0.29, 0.717) is 64.9 Å². The van der Waals surface area contributed by atoms with Crippen molar-refractivity contribution in [2.24, 2.45) is 0 Å². The van der Waals surface area contributed by atoms with Crippen molar-refractivity contribution in [1.29, 1.82) is 0 Å². The Kier molecular flexibility index (Phi) is 6.10. The van der Waals surface area contributed by atoms with Crippen LogP contribution in [0.1, 0.15) is 35.4 Å². The quantitative estimate of drug-likeness (QED) is 0.403. The molecule has 1 amide bonds. The molecule has 1 aliphatic heterocycles. The van der Waals surface area contributed by atoms with Crippen molar-refractivity contribution in [3.63, 3.8) is 0 Å². The van der Waals surface area contributed by atoms with Gasteiger partial charge in [-0.3, -0.25) is 4.79 Å². The molecule has 188 valence electrons. The largest absolute Gasteiger partial charge is 0.416 e. The zero-order valence-electron chi connectivity index (χ0n) is 19.8. The Morgan fingerprint density at radius 1 is 1.17 bits per heavy atom. The number of alkyl halides is 3. The van der Waals surface area contributed by atoms with Crippen molar-refractivity contribution in [3.8, 4) is 11.4 Å². The smallest absolute Gasteiger partial charge is 0.364 e. The van der Waals surface area contributed by atoms with Gasteiger partial charge >= 0.3 is 6.18 Å². The highest BCUT2D eigenvalue weighted by Crippen LogP contribution is 2.31. The zero-order valence-corrected chi connectivity index (χ0v) is 19.8. The van der Waals surface area contributed by atoms with E-state index in [2.05, 4.69) is 20.4 Å². The number of benzene rings is 1. The fourth-order valence-corrected chi connectivity index (χ4v) is 4.36. The monoisotopic (exact) mass is 499 g/mol. The van der Waals surface area contributed by atoms with Crippen molar-refractivity contribution in [2.45, 2.75) is 46.0 Å². The average Bonchev–Trinajstić information content (AvgIpc) is 3.54. The summed E-state index contributed by atoms with van der Waals surface area (Å²) in [5.74, 6) is 1.42. The van der Waals surface area contributed by atoms with Gasteiger partial charge in [0, 0.05) is 32.6 Å². The topological polar surface area (TPSA) is 102 Å². The van der Waals surface area contributed by atoms with E-state index in [1.807, 2.05) is 9.47 Å². The number of hydrogen-bond acceptors (Lipinski definition) is 7. The highest BCUT2D eigenvalue weighted by Gasteiger charge is 2.30. The van der Waals surface area contributed by atoms with Crippen LogP contribution < -0.4 is 5.32 Å². The van der Waals surface area contributed by atoms with Crippen molar-refractivity contribution in [2.75, 3.05) is 18.4 Å². The number of carbonyl (C=O) groups is 1. The molecule has 1 fully saturated rings. The maximum Gasteiger partial charge on any atom is 0.416 e. The number of aromatic nitrogens is 5. The molecule has 1 N–H and O–H groups in total. The van der Waals surface area contributed by atoms with Gasteiger partial charge < -0.3 is 19.3 Å². The van der Waals surface area contributed by atoms with E-state index in [0.717, 1.165) is 25.1 Å². The number of halogens is 3. The fraction of sp³-hybridized carbons (Fsp3) is 0.375. The van der Waals surface area contributed by atoms with Gasteiger partial charge in [0.15, 0.2) is 17.3 Å². The summed E-state index contributed by atoms with van der Waals surface area (Å²) in [7, 11) is 0. The summed E-state index contributed by atoms with van der Waals surface area (Å²) < 4.78 is 46.6. The first-order valence-corrected chi connectivity index (χ1v) is 11.5. The van der Waals surface area contributed by atoms with Crippen LogP contribution in [0.15, 0.2) is 35.1 Å². The van der Waals surface area contributed by atoms with Gasteiger partial charge in [0.05, 0.1) is 23.1 Å². The number of imidazole rings is 1. The van der Waals surface area contributed by atoms with Crippen molar-refractivity contribution < 1.29 is 22.5 Å². The number of nitrogens with zero attached hydrogens (tertiary/aromatic N) is 6. The predicted molar refractivity (Wildman–Crippen MR) is 125 cm³/mol. The van der Waals surface area contributed by atoms with Crippen LogP contribution in [0.3, 0.4) is 0 Å². The summed E-state index contributed by atoms with van der Waals surface area (Å²) >= 11 is 0. The highest BCUT2D eigenvalue weighted by atomic mass is 19.4. The molecule has 0 unspecified atom stereocenters. The number of anilines is 1. The number of likely N-dealkylation sites (tertiary alicyclic amines) is 1. The number of carbonyl (C=O) groups excluding carboxylic acids is 1. The lowest BCUT2D eigenvalue weighted by Gasteiger charge is -2.16. The van der Waals surface area contributed by atoms with Crippen LogP contribution in [-0.4, -0.2) is 48.6 Å². The Balaban J connectivity index is 1.49. The van der Waals surface area contributed by atoms with Gasteiger partial charge in [-0.2, -0.15) is 13.2 Å². The summed E-state index contributed by atoms with van der Waals surface area (Å²) in [5, 5.41) is 7.12. The second-order valence-electron chi connectivity index (χ2n) is 8.74. The second kappa shape index (κ2) is 9.25. The molecule has 0 bridgehead atoms. The van der Waals surface area contributed by atoms with Crippen LogP contribution in [0.2, 0.25) is 0 Å². The molecule has 9 nitrogen and oxygen atoms in total. The zero-order chi connectivity index (χ0) is 25.4. The van der Waals surface area contributed by atoms with Crippen molar-refractivity contribution in [1.82, 2.24) is 29.6 Å². The maximum atomic E-state index is 13.1. The molecular weight excluding hydrogens is 475 g/mol. The summed E-state index contributed by atoms with van der Waals surface area (Å²) in [6, 6.07) is 5.13. The number of aryl methyl sites for hydroxylation is 2. The van der Waals surface area contributed by atoms with Gasteiger partial charge in [-0.25, -0.2) is 15.0 Å². The lowest BCUT2D eigenvalue weighted by Crippen LogP contribution is -2.28. The third kappa shape index (κ3) is 4.62. The van der Waals surface area contributed by atoms with Crippen molar-refractivity contribution >= 4 is 22.9 Å². The van der Waals surface area contributed by atoms with Crippen LogP contribution in [0.5, 0.6) is 0 Å². The second-order valence-corrected chi connectivity index (χ2v) is 8.74. The summed E-state index contributed by atoms with van der Waals surface area (Å²) in [6.45, 7) is 5.40. The van der Waals surface area contributed by atoms with Gasteiger partial charge in [-0.1, -0.05) is 17.3 Å². The van der Waals surface area contributed by atoms with E-state index in [1.54, 1.807) is 26.2 Å². The molecule has 0 aliphatic carbocycles. The normalized spacial score (nSPS) is 14.2. The first-order valence-electron chi connectivity index (χ1n) is 11.5. The van der Waals surface area contributed by atoms with Crippen LogP contribution in [0, 0.1) is 13.8 Å². The first kappa shape index (κ1) is 23.8. The molecule has 4 heterocycles. The number of rotatable bonds is 7. The Morgan fingerprint density at radius 3 is 2.69 bits per heavy atom. The Morgan fingerprint density at radius 2 is 2.00 bits per heavy atom. The average molecular weight is 499 g/mol. The molecule has 4 aromatic rings. The summed E-state index contributed by atoms with van der Waals surface area (Å²) in [6.07, 6.45) is -1.38. The van der Waals surface area contributed by atoms with Gasteiger partial charge in [0.1, 0.15) is 11.3 Å². The van der Waals surface area contributed by atoms with E-state index in [9.17, 15) is 18.0 Å². The van der Waals surface area contributed by atoms with Crippen LogP contribution in [0.25, 0.3) is 22.6 Å². The van der Waals surface area contributed by atoms with Crippen LogP contribution >= 0.6 is 0 Å². The van der Waals surface area contributed by atoms with Crippen LogP contribution in [-0.2, 0) is 24.1 Å². The van der Waals surface area contributed by atoms with E-state index >= 15 is 0 Å². The molecule has 0 spiro atoms. The van der Waals surface area contributed by atoms with Gasteiger partial charge in [-0.15, -0.1) is 0 Å². The molecule has 0 radical (unpaired) electrons. The molecule has 0 saturated carbocycles. The Bertz CT molecular complexity index is 1410. The van der Waals surface area contributed by atoms with E-state index in [1.165, 1.54) is 6.07 Å². The summed E-state index contributed by atoms with van der Waals surface area (Å²) in [4.78, 5) is 27.7. The minimum Gasteiger partial charge on any atom is -0.364 e. The van der Waals surface area contributed by atoms with E-state index in [4.69, 9.17) is 9.51 Å². The molecular formula is C24H24F3N7O2. The number of amides is 1. The Labute approximate surface area is 204 Å². The van der Waals surface area contributed by atoms with Crippen molar-refractivity contribution in [3.05, 3.63) is 53.2 Å². The molecule has 5 rings (SSSR count). The number of fused-ring (bicyclic) bond motifs is 1. The van der Waals surface area contributed by atoms with E-state index in [-0.39, 0.29) is 12.5 Å². The number of nitrogens with one attached hydrogen (secondary N) is 1. The highest BCUT2D eigenvalue weighted by molar-refractivity contribution is 5.85. The first-order chi connectivity index (χ1) is 17.2. The van der Waals surface area contributed by atoms with Crippen LogP contribution in [0.4, 0.5) is 19.0 Å². The number of hydrogen-bond donors (Lipinski definition) is 1. The maximum absolute atomic E-state index is 13.1. The molecule has 0 atom stereocenters. The molecule has 1 saturated heterocycles. The Hall–Kier alpha value is -3.96. The minimum atomic E-state index is -4.43. The molecule has 36 heavy (non-hydrogen) atoms. The van der Waals surface area contributed by atoms with Gasteiger partial charge in [0.25, 0.3) is 0 Å². The SMILES string of the molecule is Cc1noc(C)c1-c1nc(NCc2cccc(C(F)(F)F)c2)c2ncn(CCN3CCCC3=O)c2n1. The lowest BCUT2D eigenvalue weighted by atomic mass is 10.1. The summed E-state index contributed by atoms with van der Waals surface area (Å²) in [5.41, 5.74) is 2.00. The van der Waals surface area contributed by atoms with E-state index < -0.39 is 11.7 Å². The molecule has 3 aromatic heterocycles. The van der Waals surface area contributed by atoms with Gasteiger partial charge in [0.2, 0.25) is 5.91 Å². The van der Waals surface area contributed by atoms with Gasteiger partial charge in [-0.05, 0) is 38.0 Å². The standard InChI is InChI=1S/C24H24F3N7O2/c1-14-19(15(2)36-32-14)21-30-22(28-12-16-5-3-6-17(11-16)24(25,26)27)20-23(31-21)34(13-29-20)10-9-33-8-4-7-18(33)35/h3,5-6,11,13H,4,7-10,12H2,1-2H3,(H,28,30,31). The third-order valence-corrected chi connectivity index (χ3v) is 6.22. The molecule has 1 aromatic carbocycles.